The molecule has 0 atom stereocenters. The molecule has 0 saturated carbocycles. The van der Waals surface area contributed by atoms with Gasteiger partial charge in [-0.2, -0.15) is 0 Å². The van der Waals surface area contributed by atoms with Crippen LogP contribution in [-0.4, -0.2) is 36.3 Å². The first-order chi connectivity index (χ1) is 12.7. The van der Waals surface area contributed by atoms with Gasteiger partial charge >= 0.3 is 0 Å². The van der Waals surface area contributed by atoms with Gasteiger partial charge in [0.1, 0.15) is 0 Å². The van der Waals surface area contributed by atoms with E-state index in [-0.39, 0.29) is 18.4 Å². The summed E-state index contributed by atoms with van der Waals surface area (Å²) in [6.45, 7) is 1.98. The second kappa shape index (κ2) is 9.04. The summed E-state index contributed by atoms with van der Waals surface area (Å²) in [7, 11) is 0. The minimum absolute atomic E-state index is 0.130. The van der Waals surface area contributed by atoms with E-state index in [9.17, 15) is 9.59 Å². The Balaban J connectivity index is 1.55. The molecule has 1 aliphatic rings. The Bertz CT molecular complexity index is 738. The third-order valence-corrected chi connectivity index (χ3v) is 4.56. The van der Waals surface area contributed by atoms with Crippen molar-refractivity contribution in [2.45, 2.75) is 25.7 Å². The zero-order valence-corrected chi connectivity index (χ0v) is 14.9. The van der Waals surface area contributed by atoms with Gasteiger partial charge in [0.15, 0.2) is 0 Å². The molecule has 5 heteroatoms. The summed E-state index contributed by atoms with van der Waals surface area (Å²) >= 11 is 0. The molecule has 5 nitrogen and oxygen atoms in total. The molecule has 2 aromatic carbocycles. The molecule has 3 rings (SSSR count). The van der Waals surface area contributed by atoms with Gasteiger partial charge in [0.05, 0.1) is 6.54 Å². The van der Waals surface area contributed by atoms with Gasteiger partial charge in [-0.05, 0) is 43.2 Å². The average Bonchev–Trinajstić information content (AvgIpc) is 2.97. The van der Waals surface area contributed by atoms with Crippen LogP contribution >= 0.6 is 0 Å². The third-order valence-electron chi connectivity index (χ3n) is 4.56. The number of nitrogens with one attached hydrogen (secondary N) is 2. The van der Waals surface area contributed by atoms with Gasteiger partial charge in [-0.15, -0.1) is 0 Å². The number of anilines is 2. The van der Waals surface area contributed by atoms with Gasteiger partial charge in [0.2, 0.25) is 5.91 Å². The smallest absolute Gasteiger partial charge is 0.255 e. The number of hydrogen-bond acceptors (Lipinski definition) is 3. The lowest BCUT2D eigenvalue weighted by Crippen LogP contribution is -2.36. The predicted molar refractivity (Wildman–Crippen MR) is 104 cm³/mol. The van der Waals surface area contributed by atoms with Gasteiger partial charge < -0.3 is 15.5 Å². The highest BCUT2D eigenvalue weighted by Gasteiger charge is 2.15. The average molecular weight is 351 g/mol. The summed E-state index contributed by atoms with van der Waals surface area (Å²) < 4.78 is 0. The van der Waals surface area contributed by atoms with Crippen LogP contribution in [0.25, 0.3) is 0 Å². The van der Waals surface area contributed by atoms with Gasteiger partial charge in [-0.3, -0.25) is 9.59 Å². The highest BCUT2D eigenvalue weighted by Crippen LogP contribution is 2.16. The van der Waals surface area contributed by atoms with Crippen LogP contribution in [0.5, 0.6) is 0 Å². The van der Waals surface area contributed by atoms with Crippen molar-refractivity contribution in [3.05, 3.63) is 60.2 Å². The number of nitrogens with zero attached hydrogens (tertiary/aromatic N) is 1. The Morgan fingerprint density at radius 3 is 2.27 bits per heavy atom. The second-order valence-corrected chi connectivity index (χ2v) is 6.55. The lowest BCUT2D eigenvalue weighted by molar-refractivity contribution is -0.129. The van der Waals surface area contributed by atoms with Crippen LogP contribution in [0.2, 0.25) is 0 Å². The molecule has 2 amide bonds. The SMILES string of the molecule is O=C(Nc1cccc(NCC(=O)N2CCCCCC2)c1)c1ccccc1. The van der Waals surface area contributed by atoms with Crippen LogP contribution in [0.15, 0.2) is 54.6 Å². The van der Waals surface area contributed by atoms with E-state index in [2.05, 4.69) is 10.6 Å². The van der Waals surface area contributed by atoms with Gasteiger partial charge in [-0.1, -0.05) is 37.1 Å². The summed E-state index contributed by atoms with van der Waals surface area (Å²) in [5.41, 5.74) is 2.13. The van der Waals surface area contributed by atoms with Gasteiger partial charge in [0, 0.05) is 30.0 Å². The molecule has 0 aromatic heterocycles. The minimum Gasteiger partial charge on any atom is -0.376 e. The van der Waals surface area contributed by atoms with Gasteiger partial charge in [0.25, 0.3) is 5.91 Å². The Hall–Kier alpha value is -2.82. The first-order valence-corrected chi connectivity index (χ1v) is 9.20. The van der Waals surface area contributed by atoms with Crippen LogP contribution in [0.3, 0.4) is 0 Å². The number of hydrogen-bond donors (Lipinski definition) is 2. The molecule has 0 bridgehead atoms. The molecule has 136 valence electrons. The maximum Gasteiger partial charge on any atom is 0.255 e. The second-order valence-electron chi connectivity index (χ2n) is 6.55. The molecule has 1 saturated heterocycles. The molecule has 1 fully saturated rings. The maximum atomic E-state index is 12.4. The van der Waals surface area contributed by atoms with E-state index in [1.54, 1.807) is 12.1 Å². The quantitative estimate of drug-likeness (QED) is 0.862. The van der Waals surface area contributed by atoms with Crippen LogP contribution in [-0.2, 0) is 4.79 Å². The van der Waals surface area contributed by atoms with Crippen LogP contribution in [0.4, 0.5) is 11.4 Å². The number of likely N-dealkylation sites (tertiary alicyclic amines) is 1. The normalized spacial score (nSPS) is 14.4. The first kappa shape index (κ1) is 18.0. The van der Waals surface area contributed by atoms with Crippen molar-refractivity contribution >= 4 is 23.2 Å². The van der Waals surface area contributed by atoms with E-state index in [1.807, 2.05) is 47.4 Å². The van der Waals surface area contributed by atoms with Crippen molar-refractivity contribution in [3.63, 3.8) is 0 Å². The zero-order chi connectivity index (χ0) is 18.2. The van der Waals surface area contributed by atoms with Crippen molar-refractivity contribution in [3.8, 4) is 0 Å². The van der Waals surface area contributed by atoms with Crippen LogP contribution in [0.1, 0.15) is 36.0 Å². The van der Waals surface area contributed by atoms with E-state index < -0.39 is 0 Å². The lowest BCUT2D eigenvalue weighted by atomic mass is 10.2. The van der Waals surface area contributed by atoms with Crippen LogP contribution < -0.4 is 10.6 Å². The molecule has 0 aliphatic carbocycles. The molecule has 1 heterocycles. The monoisotopic (exact) mass is 351 g/mol. The summed E-state index contributed by atoms with van der Waals surface area (Å²) in [5, 5.41) is 6.06. The van der Waals surface area contributed by atoms with E-state index in [4.69, 9.17) is 0 Å². The fraction of sp³-hybridized carbons (Fsp3) is 0.333. The molecular weight excluding hydrogens is 326 g/mol. The molecule has 0 unspecified atom stereocenters. The van der Waals surface area contributed by atoms with E-state index >= 15 is 0 Å². The lowest BCUT2D eigenvalue weighted by Gasteiger charge is -2.20. The third kappa shape index (κ3) is 5.09. The molecule has 26 heavy (non-hydrogen) atoms. The molecule has 0 radical (unpaired) electrons. The minimum atomic E-state index is -0.150. The van der Waals surface area contributed by atoms with E-state index in [1.165, 1.54) is 12.8 Å². The van der Waals surface area contributed by atoms with E-state index in [0.29, 0.717) is 11.3 Å². The fourth-order valence-electron chi connectivity index (χ4n) is 3.11. The van der Waals surface area contributed by atoms with Crippen molar-refractivity contribution in [1.82, 2.24) is 4.90 Å². The topological polar surface area (TPSA) is 61.4 Å². The number of amides is 2. The largest absolute Gasteiger partial charge is 0.376 e. The highest BCUT2D eigenvalue weighted by molar-refractivity contribution is 6.04. The summed E-state index contributed by atoms with van der Waals surface area (Å²) in [5.74, 6) is -0.0194. The van der Waals surface area contributed by atoms with Crippen molar-refractivity contribution in [2.75, 3.05) is 30.3 Å². The molecule has 2 N–H and O–H groups in total. The summed E-state index contributed by atoms with van der Waals surface area (Å²) in [6, 6.07) is 16.5. The van der Waals surface area contributed by atoms with E-state index in [0.717, 1.165) is 31.6 Å². The number of benzene rings is 2. The molecular formula is C21H25N3O2. The Morgan fingerprint density at radius 2 is 1.54 bits per heavy atom. The molecule has 2 aromatic rings. The number of carbonyl (C=O) groups is 2. The molecule has 1 aliphatic heterocycles. The fourth-order valence-corrected chi connectivity index (χ4v) is 3.11. The first-order valence-electron chi connectivity index (χ1n) is 9.20. The van der Waals surface area contributed by atoms with Crippen molar-refractivity contribution in [1.29, 1.82) is 0 Å². The maximum absolute atomic E-state index is 12.4. The number of rotatable bonds is 5. The highest BCUT2D eigenvalue weighted by atomic mass is 16.2. The van der Waals surface area contributed by atoms with Crippen LogP contribution in [0, 0.1) is 0 Å². The van der Waals surface area contributed by atoms with Crippen molar-refractivity contribution in [2.24, 2.45) is 0 Å². The standard InChI is InChI=1S/C21H25N3O2/c25-20(24-13-6-1-2-7-14-24)16-22-18-11-8-12-19(15-18)23-21(26)17-9-4-3-5-10-17/h3-5,8-12,15,22H,1-2,6-7,13-14,16H2,(H,23,26). The molecule has 0 spiro atoms. The van der Waals surface area contributed by atoms with Gasteiger partial charge in [-0.25, -0.2) is 0 Å². The Kier molecular flexibility index (Phi) is 6.25. The summed E-state index contributed by atoms with van der Waals surface area (Å²) in [4.78, 5) is 26.5. The zero-order valence-electron chi connectivity index (χ0n) is 14.9. The number of carbonyl (C=O) groups excluding carboxylic acids is 2. The Morgan fingerprint density at radius 1 is 0.846 bits per heavy atom. The summed E-state index contributed by atoms with van der Waals surface area (Å²) in [6.07, 6.45) is 4.60. The van der Waals surface area contributed by atoms with Crippen molar-refractivity contribution < 1.29 is 9.59 Å². The predicted octanol–water partition coefficient (Wildman–Crippen LogP) is 3.75. The Labute approximate surface area is 154 Å².